The predicted molar refractivity (Wildman–Crippen MR) is 143 cm³/mol. The van der Waals surface area contributed by atoms with Gasteiger partial charge < -0.3 is 4.90 Å². The summed E-state index contributed by atoms with van der Waals surface area (Å²) in [4.78, 5) is 20.0. The average Bonchev–Trinajstić information content (AvgIpc) is 3.49. The van der Waals surface area contributed by atoms with Crippen LogP contribution in [0.25, 0.3) is 23.0 Å². The number of sulfonamides is 1. The molecule has 0 atom stereocenters. The molecule has 10 heteroatoms. The van der Waals surface area contributed by atoms with Crippen molar-refractivity contribution >= 4 is 38.9 Å². The molecule has 3 aromatic rings. The van der Waals surface area contributed by atoms with Crippen LogP contribution < -0.4 is 0 Å². The molecule has 2 aromatic carbocycles. The van der Waals surface area contributed by atoms with Gasteiger partial charge in [0.2, 0.25) is 10.0 Å². The van der Waals surface area contributed by atoms with E-state index in [1.165, 1.54) is 36.6 Å². The maximum absolute atomic E-state index is 12.8. The van der Waals surface area contributed by atoms with Crippen LogP contribution in [-0.2, 0) is 14.8 Å². The number of hydrogen-bond donors (Lipinski definition) is 0. The van der Waals surface area contributed by atoms with Crippen LogP contribution in [0, 0.1) is 0 Å². The number of likely N-dealkylation sites (tertiary alicyclic amines) is 1. The maximum Gasteiger partial charge on any atom is 0.286 e. The number of hydrogen-bond acceptors (Lipinski definition) is 6. The van der Waals surface area contributed by atoms with Crippen molar-refractivity contribution in [1.29, 1.82) is 0 Å². The van der Waals surface area contributed by atoms with Crippen LogP contribution in [0.15, 0.2) is 75.6 Å². The first-order valence-corrected chi connectivity index (χ1v) is 14.0. The smallest absolute Gasteiger partial charge is 0.286 e. The van der Waals surface area contributed by atoms with Gasteiger partial charge in [-0.25, -0.2) is 17.4 Å². The third-order valence-corrected chi connectivity index (χ3v) is 9.03. The Hall–Kier alpha value is -3.21. The Morgan fingerprint density at radius 1 is 1.00 bits per heavy atom. The highest BCUT2D eigenvalue weighted by atomic mass is 32.2. The molecule has 36 heavy (non-hydrogen) atoms. The van der Waals surface area contributed by atoms with Crippen LogP contribution in [0.5, 0.6) is 0 Å². The van der Waals surface area contributed by atoms with Crippen molar-refractivity contribution in [3.63, 3.8) is 0 Å². The summed E-state index contributed by atoms with van der Waals surface area (Å²) < 4.78 is 28.4. The van der Waals surface area contributed by atoms with E-state index >= 15 is 0 Å². The van der Waals surface area contributed by atoms with E-state index in [0.29, 0.717) is 21.7 Å². The first kappa shape index (κ1) is 24.5. The number of aliphatic imine (C=N–C) groups is 1. The first-order chi connectivity index (χ1) is 17.3. The molecule has 1 fully saturated rings. The van der Waals surface area contributed by atoms with Gasteiger partial charge in [0.25, 0.3) is 5.91 Å². The zero-order valence-electron chi connectivity index (χ0n) is 20.2. The Kier molecular flexibility index (Phi) is 6.83. The van der Waals surface area contributed by atoms with Gasteiger partial charge in [0, 0.05) is 44.5 Å². The highest BCUT2D eigenvalue weighted by Gasteiger charge is 2.28. The van der Waals surface area contributed by atoms with Gasteiger partial charge in [0.1, 0.15) is 5.69 Å². The summed E-state index contributed by atoms with van der Waals surface area (Å²) in [5, 5.41) is 5.54. The lowest BCUT2D eigenvalue weighted by atomic mass is 10.1. The molecule has 2 aliphatic rings. The van der Waals surface area contributed by atoms with E-state index in [0.717, 1.165) is 36.8 Å². The minimum Gasteiger partial charge on any atom is -0.351 e. The zero-order valence-corrected chi connectivity index (χ0v) is 21.8. The number of amides is 1. The summed E-state index contributed by atoms with van der Waals surface area (Å²) in [5.74, 6) is -0.261. The predicted octanol–water partition coefficient (Wildman–Crippen LogP) is 4.25. The van der Waals surface area contributed by atoms with Crippen molar-refractivity contribution in [2.45, 2.75) is 24.2 Å². The summed E-state index contributed by atoms with van der Waals surface area (Å²) in [6.07, 6.45) is 7.08. The van der Waals surface area contributed by atoms with E-state index in [1.807, 2.05) is 48.7 Å². The molecular weight excluding hydrogens is 494 g/mol. The average molecular weight is 522 g/mol. The van der Waals surface area contributed by atoms with Gasteiger partial charge in [-0.15, -0.1) is 0 Å². The highest BCUT2D eigenvalue weighted by Crippen LogP contribution is 2.34. The van der Waals surface area contributed by atoms with Gasteiger partial charge in [-0.05, 0) is 61.4 Å². The van der Waals surface area contributed by atoms with Crippen molar-refractivity contribution in [3.8, 4) is 16.9 Å². The molecule has 0 saturated carbocycles. The fraction of sp³-hybridized carbons (Fsp3) is 0.269. The molecule has 0 spiro atoms. The SMILES string of the molecule is CN(C)S(=O)(=O)c1cccc(-c2nn(-c3ccccc3)cc2C=C2SC(N3CCCCC3)=NC2=O)c1. The summed E-state index contributed by atoms with van der Waals surface area (Å²) in [6, 6.07) is 16.4. The number of benzene rings is 2. The number of carbonyl (C=O) groups is 1. The second-order valence-electron chi connectivity index (χ2n) is 8.89. The van der Waals surface area contributed by atoms with Gasteiger partial charge >= 0.3 is 0 Å². The number of rotatable bonds is 5. The molecule has 1 aromatic heterocycles. The molecule has 0 bridgehead atoms. The molecule has 0 N–H and O–H groups in total. The second-order valence-corrected chi connectivity index (χ2v) is 12.0. The third-order valence-electron chi connectivity index (χ3n) is 6.17. The zero-order chi connectivity index (χ0) is 25.3. The lowest BCUT2D eigenvalue weighted by Crippen LogP contribution is -2.33. The van der Waals surface area contributed by atoms with E-state index in [9.17, 15) is 13.2 Å². The molecule has 1 amide bonds. The standard InChI is InChI=1S/C26H27N5O3S2/c1-29(2)36(33,34)22-13-9-10-19(16-22)24-20(18-31(28-24)21-11-5-3-6-12-21)17-23-25(32)27-26(35-23)30-14-7-4-8-15-30/h3,5-6,9-13,16-18H,4,7-8,14-15H2,1-2H3. The molecule has 186 valence electrons. The lowest BCUT2D eigenvalue weighted by Gasteiger charge is -2.27. The van der Waals surface area contributed by atoms with Gasteiger partial charge in [0.05, 0.1) is 15.5 Å². The Morgan fingerprint density at radius 3 is 2.47 bits per heavy atom. The fourth-order valence-corrected chi connectivity index (χ4v) is 6.11. The molecule has 1 saturated heterocycles. The minimum absolute atomic E-state index is 0.180. The van der Waals surface area contributed by atoms with Crippen LogP contribution in [0.4, 0.5) is 0 Å². The van der Waals surface area contributed by atoms with E-state index < -0.39 is 10.0 Å². The van der Waals surface area contributed by atoms with E-state index in [2.05, 4.69) is 9.89 Å². The molecule has 5 rings (SSSR count). The summed E-state index contributed by atoms with van der Waals surface area (Å²) in [7, 11) is -0.606. The monoisotopic (exact) mass is 521 g/mol. The maximum atomic E-state index is 12.8. The van der Waals surface area contributed by atoms with Crippen LogP contribution in [0.2, 0.25) is 0 Å². The van der Waals surface area contributed by atoms with Crippen molar-refractivity contribution in [1.82, 2.24) is 19.0 Å². The molecule has 0 radical (unpaired) electrons. The number of amidine groups is 1. The number of para-hydroxylation sites is 1. The topological polar surface area (TPSA) is 87.9 Å². The normalized spacial score (nSPS) is 17.8. The molecule has 0 aliphatic carbocycles. The largest absolute Gasteiger partial charge is 0.351 e. The Morgan fingerprint density at radius 2 is 1.75 bits per heavy atom. The number of aromatic nitrogens is 2. The van der Waals surface area contributed by atoms with E-state index in [4.69, 9.17) is 5.10 Å². The Balaban J connectivity index is 1.56. The lowest BCUT2D eigenvalue weighted by molar-refractivity contribution is -0.113. The Bertz CT molecular complexity index is 1450. The van der Waals surface area contributed by atoms with Crippen molar-refractivity contribution in [2.24, 2.45) is 4.99 Å². The van der Waals surface area contributed by atoms with Crippen molar-refractivity contribution in [2.75, 3.05) is 27.2 Å². The minimum atomic E-state index is -3.62. The number of piperidine rings is 1. The summed E-state index contributed by atoms with van der Waals surface area (Å²) in [5.41, 5.74) is 2.80. The van der Waals surface area contributed by atoms with Gasteiger partial charge in [-0.2, -0.15) is 10.1 Å². The number of thioether (sulfide) groups is 1. The summed E-state index contributed by atoms with van der Waals surface area (Å²) in [6.45, 7) is 1.83. The molecule has 8 nitrogen and oxygen atoms in total. The van der Waals surface area contributed by atoms with Crippen molar-refractivity contribution in [3.05, 3.63) is 71.3 Å². The molecule has 3 heterocycles. The van der Waals surface area contributed by atoms with E-state index in [-0.39, 0.29) is 10.8 Å². The fourth-order valence-electron chi connectivity index (χ4n) is 4.20. The quantitative estimate of drug-likeness (QED) is 0.467. The van der Waals surface area contributed by atoms with Crippen LogP contribution in [-0.4, -0.2) is 65.7 Å². The van der Waals surface area contributed by atoms with Crippen LogP contribution >= 0.6 is 11.8 Å². The highest BCUT2D eigenvalue weighted by molar-refractivity contribution is 8.18. The summed E-state index contributed by atoms with van der Waals surface area (Å²) >= 11 is 1.39. The Labute approximate surface area is 215 Å². The number of carbonyl (C=O) groups excluding carboxylic acids is 1. The van der Waals surface area contributed by atoms with Gasteiger partial charge in [-0.3, -0.25) is 4.79 Å². The molecule has 0 unspecified atom stereocenters. The van der Waals surface area contributed by atoms with Crippen LogP contribution in [0.3, 0.4) is 0 Å². The van der Waals surface area contributed by atoms with Gasteiger partial charge in [0.15, 0.2) is 5.17 Å². The van der Waals surface area contributed by atoms with Crippen LogP contribution in [0.1, 0.15) is 24.8 Å². The van der Waals surface area contributed by atoms with E-state index in [1.54, 1.807) is 22.9 Å². The second kappa shape index (κ2) is 10.0. The first-order valence-electron chi connectivity index (χ1n) is 11.8. The molecule has 2 aliphatic heterocycles. The molecular formula is C26H27N5O3S2. The number of nitrogens with zero attached hydrogens (tertiary/aromatic N) is 5. The third kappa shape index (κ3) is 4.88. The van der Waals surface area contributed by atoms with Gasteiger partial charge in [-0.1, -0.05) is 30.3 Å². The van der Waals surface area contributed by atoms with Crippen molar-refractivity contribution < 1.29 is 13.2 Å².